The molecule has 5 nitrogen and oxygen atoms in total. The van der Waals surface area contributed by atoms with Crippen LogP contribution in [-0.4, -0.2) is 49.1 Å². The summed E-state index contributed by atoms with van der Waals surface area (Å²) in [5.74, 6) is 0.749. The molecule has 0 amide bonds. The van der Waals surface area contributed by atoms with Gasteiger partial charge >= 0.3 is 0 Å². The molecule has 1 aromatic rings. The van der Waals surface area contributed by atoms with Gasteiger partial charge in [-0.3, -0.25) is 0 Å². The molecule has 1 aromatic carbocycles. The Hall–Kier alpha value is -1.37. The number of methoxy groups -OCH3 is 1. The fraction of sp³-hybridized carbons (Fsp3) is 0.500. The van der Waals surface area contributed by atoms with E-state index in [2.05, 4.69) is 11.8 Å². The molecule has 0 aliphatic carbocycles. The lowest BCUT2D eigenvalue weighted by Crippen LogP contribution is -2.50. The van der Waals surface area contributed by atoms with Crippen LogP contribution in [0.15, 0.2) is 18.2 Å². The Balaban J connectivity index is 2.40. The third-order valence-corrected chi connectivity index (χ3v) is 3.71. The number of morpholine rings is 1. The molecule has 1 heterocycles. The van der Waals surface area contributed by atoms with Crippen LogP contribution in [0.1, 0.15) is 12.5 Å². The van der Waals surface area contributed by atoms with E-state index in [1.54, 1.807) is 7.11 Å². The van der Waals surface area contributed by atoms with Gasteiger partial charge in [-0.05, 0) is 19.1 Å². The van der Waals surface area contributed by atoms with E-state index in [1.807, 2.05) is 18.2 Å². The number of nitrogens with two attached hydrogens (primary N) is 1. The summed E-state index contributed by atoms with van der Waals surface area (Å²) in [7, 11) is 1.62. The first-order chi connectivity index (χ1) is 9.56. The minimum atomic E-state index is -0.198. The highest BCUT2D eigenvalue weighted by molar-refractivity contribution is 7.80. The molecule has 1 aliphatic heterocycles. The Bertz CT molecular complexity index is 495. The Labute approximate surface area is 124 Å². The minimum absolute atomic E-state index is 0.00437. The summed E-state index contributed by atoms with van der Waals surface area (Å²) in [5.41, 5.74) is 7.54. The molecular weight excluding hydrogens is 276 g/mol. The number of hydrogen-bond acceptors (Lipinski definition) is 5. The molecule has 110 valence electrons. The molecule has 2 rings (SSSR count). The first kappa shape index (κ1) is 15.0. The molecule has 0 spiro atoms. The van der Waals surface area contributed by atoms with E-state index in [4.69, 9.17) is 27.4 Å². The first-order valence-electron chi connectivity index (χ1n) is 6.53. The lowest BCUT2D eigenvalue weighted by atomic mass is 10.1. The maximum absolute atomic E-state index is 9.29. The van der Waals surface area contributed by atoms with Crippen LogP contribution in [0.2, 0.25) is 0 Å². The summed E-state index contributed by atoms with van der Waals surface area (Å²) in [6.07, 6.45) is -0.198. The van der Waals surface area contributed by atoms with Gasteiger partial charge in [0.25, 0.3) is 0 Å². The smallest absolute Gasteiger partial charge is 0.120 e. The number of nitrogens with zero attached hydrogens (tertiary/aromatic N) is 1. The summed E-state index contributed by atoms with van der Waals surface area (Å²) in [4.78, 5) is 2.50. The highest BCUT2D eigenvalue weighted by Gasteiger charge is 2.28. The van der Waals surface area contributed by atoms with Gasteiger partial charge in [0.15, 0.2) is 0 Å². The van der Waals surface area contributed by atoms with E-state index in [0.29, 0.717) is 18.1 Å². The SMILES string of the molecule is COc1ccc(C(N)=S)c(N2CC(CO)OCC2C)c1. The van der Waals surface area contributed by atoms with Crippen LogP contribution in [-0.2, 0) is 4.74 Å². The molecule has 2 atom stereocenters. The molecule has 0 bridgehead atoms. The predicted octanol–water partition coefficient (Wildman–Crippen LogP) is 0.915. The third-order valence-electron chi connectivity index (χ3n) is 3.49. The average molecular weight is 296 g/mol. The van der Waals surface area contributed by atoms with E-state index in [1.165, 1.54) is 0 Å². The van der Waals surface area contributed by atoms with Gasteiger partial charge in [0.1, 0.15) is 10.7 Å². The Morgan fingerprint density at radius 2 is 2.35 bits per heavy atom. The maximum atomic E-state index is 9.29. The minimum Gasteiger partial charge on any atom is -0.497 e. The molecule has 2 unspecified atom stereocenters. The number of aliphatic hydroxyl groups is 1. The van der Waals surface area contributed by atoms with Gasteiger partial charge in [-0.1, -0.05) is 12.2 Å². The van der Waals surface area contributed by atoms with Crippen molar-refractivity contribution in [3.05, 3.63) is 23.8 Å². The van der Waals surface area contributed by atoms with E-state index < -0.39 is 0 Å². The molecule has 3 N–H and O–H groups in total. The molecular formula is C14H20N2O3S. The molecule has 0 radical (unpaired) electrons. The van der Waals surface area contributed by atoms with Crippen LogP contribution < -0.4 is 15.4 Å². The van der Waals surface area contributed by atoms with Gasteiger partial charge in [-0.25, -0.2) is 0 Å². The van der Waals surface area contributed by atoms with Crippen LogP contribution in [0.25, 0.3) is 0 Å². The summed E-state index contributed by atoms with van der Waals surface area (Å²) >= 11 is 5.12. The summed E-state index contributed by atoms with van der Waals surface area (Å²) < 4.78 is 10.8. The van der Waals surface area contributed by atoms with E-state index in [0.717, 1.165) is 17.0 Å². The van der Waals surface area contributed by atoms with Gasteiger partial charge in [-0.15, -0.1) is 0 Å². The fourth-order valence-corrected chi connectivity index (χ4v) is 2.52. The van der Waals surface area contributed by atoms with Crippen LogP contribution >= 0.6 is 12.2 Å². The van der Waals surface area contributed by atoms with Crippen molar-refractivity contribution in [1.82, 2.24) is 0 Å². The second-order valence-electron chi connectivity index (χ2n) is 4.89. The largest absolute Gasteiger partial charge is 0.497 e. The first-order valence-corrected chi connectivity index (χ1v) is 6.94. The van der Waals surface area contributed by atoms with Gasteiger partial charge in [-0.2, -0.15) is 0 Å². The quantitative estimate of drug-likeness (QED) is 0.805. The lowest BCUT2D eigenvalue weighted by molar-refractivity contribution is -0.0103. The Morgan fingerprint density at radius 3 is 2.95 bits per heavy atom. The molecule has 6 heteroatoms. The topological polar surface area (TPSA) is 68.0 Å². The molecule has 1 aliphatic rings. The van der Waals surface area contributed by atoms with Gasteiger partial charge in [0.05, 0.1) is 32.1 Å². The number of benzene rings is 1. The number of hydrogen-bond donors (Lipinski definition) is 2. The Morgan fingerprint density at radius 1 is 1.60 bits per heavy atom. The van der Waals surface area contributed by atoms with Crippen molar-refractivity contribution in [2.24, 2.45) is 5.73 Å². The van der Waals surface area contributed by atoms with E-state index in [-0.39, 0.29) is 18.8 Å². The standard InChI is InChI=1S/C14H20N2O3S/c1-9-8-19-11(7-17)6-16(9)13-5-10(18-2)3-4-12(13)14(15)20/h3-5,9,11,17H,6-8H2,1-2H3,(H2,15,20). The second-order valence-corrected chi connectivity index (χ2v) is 5.33. The number of thiocarbonyl (C=S) groups is 1. The van der Waals surface area contributed by atoms with Crippen LogP contribution in [0.5, 0.6) is 5.75 Å². The average Bonchev–Trinajstić information content (AvgIpc) is 2.47. The van der Waals surface area contributed by atoms with Crippen molar-refractivity contribution in [1.29, 1.82) is 0 Å². The highest BCUT2D eigenvalue weighted by Crippen LogP contribution is 2.29. The van der Waals surface area contributed by atoms with Gasteiger partial charge in [0, 0.05) is 24.2 Å². The molecule has 0 saturated carbocycles. The van der Waals surface area contributed by atoms with Gasteiger partial charge < -0.3 is 25.2 Å². The predicted molar refractivity (Wildman–Crippen MR) is 82.5 cm³/mol. The summed E-state index contributed by atoms with van der Waals surface area (Å²) in [5, 5.41) is 9.29. The van der Waals surface area contributed by atoms with Crippen molar-refractivity contribution in [3.63, 3.8) is 0 Å². The second kappa shape index (κ2) is 6.39. The maximum Gasteiger partial charge on any atom is 0.120 e. The van der Waals surface area contributed by atoms with Crippen molar-refractivity contribution >= 4 is 22.9 Å². The molecule has 20 heavy (non-hydrogen) atoms. The Kier molecular flexibility index (Phi) is 4.80. The number of ether oxygens (including phenoxy) is 2. The van der Waals surface area contributed by atoms with E-state index in [9.17, 15) is 5.11 Å². The zero-order chi connectivity index (χ0) is 14.7. The number of aliphatic hydroxyl groups excluding tert-OH is 1. The van der Waals surface area contributed by atoms with Crippen molar-refractivity contribution in [2.75, 3.05) is 31.8 Å². The molecule has 0 aromatic heterocycles. The van der Waals surface area contributed by atoms with Crippen LogP contribution in [0.3, 0.4) is 0 Å². The molecule has 1 fully saturated rings. The molecule has 1 saturated heterocycles. The van der Waals surface area contributed by atoms with Crippen molar-refractivity contribution < 1.29 is 14.6 Å². The highest BCUT2D eigenvalue weighted by atomic mass is 32.1. The monoisotopic (exact) mass is 296 g/mol. The van der Waals surface area contributed by atoms with Crippen LogP contribution in [0, 0.1) is 0 Å². The van der Waals surface area contributed by atoms with E-state index >= 15 is 0 Å². The normalized spacial score (nSPS) is 22.6. The van der Waals surface area contributed by atoms with Crippen LogP contribution in [0.4, 0.5) is 5.69 Å². The summed E-state index contributed by atoms with van der Waals surface area (Å²) in [6.45, 7) is 3.21. The zero-order valence-electron chi connectivity index (χ0n) is 11.7. The van der Waals surface area contributed by atoms with Crippen molar-refractivity contribution in [3.8, 4) is 5.75 Å². The summed E-state index contributed by atoms with van der Waals surface area (Å²) in [6, 6.07) is 5.81. The fourth-order valence-electron chi connectivity index (χ4n) is 2.35. The zero-order valence-corrected chi connectivity index (χ0v) is 12.5. The number of rotatable bonds is 4. The van der Waals surface area contributed by atoms with Crippen molar-refractivity contribution in [2.45, 2.75) is 19.1 Å². The number of anilines is 1. The third kappa shape index (κ3) is 3.03. The lowest BCUT2D eigenvalue weighted by Gasteiger charge is -2.40. The van der Waals surface area contributed by atoms with Gasteiger partial charge in [0.2, 0.25) is 0 Å².